The summed E-state index contributed by atoms with van der Waals surface area (Å²) in [5.74, 6) is 2.65. The van der Waals surface area contributed by atoms with E-state index < -0.39 is 0 Å². The first-order valence-electron chi connectivity index (χ1n) is 13.9. The Labute approximate surface area is 239 Å². The number of rotatable bonds is 12. The van der Waals surface area contributed by atoms with Gasteiger partial charge in [-0.15, -0.1) is 4.79 Å². The molecule has 0 unspecified atom stereocenters. The molecule has 2 aromatic carbocycles. The third-order valence-electron chi connectivity index (χ3n) is 5.75. The van der Waals surface area contributed by atoms with Crippen LogP contribution in [0.5, 0.6) is 0 Å². The van der Waals surface area contributed by atoms with Crippen LogP contribution in [-0.2, 0) is 22.9 Å². The SMILES string of the molecule is CCCCCC(C=C=[N+]=[N-])=C(c1ccc(C)cc1)c1cccc(CCCC)c1.[CH2-]CCC.[CH2-]CCC.[Ni+2]. The van der Waals surface area contributed by atoms with Gasteiger partial charge in [-0.05, 0) is 60.4 Å². The third-order valence-corrected chi connectivity index (χ3v) is 5.75. The number of hydrogen-bond donors (Lipinski definition) is 0. The first-order valence-corrected chi connectivity index (χ1v) is 13.9. The summed E-state index contributed by atoms with van der Waals surface area (Å²) in [5, 5.41) is 0. The van der Waals surface area contributed by atoms with E-state index in [2.05, 4.69) is 108 Å². The van der Waals surface area contributed by atoms with Gasteiger partial charge in [-0.3, -0.25) is 0 Å². The van der Waals surface area contributed by atoms with Crippen molar-refractivity contribution in [2.45, 2.75) is 105 Å². The summed E-state index contributed by atoms with van der Waals surface area (Å²) >= 11 is 0. The van der Waals surface area contributed by atoms with Crippen molar-refractivity contribution in [3.63, 3.8) is 0 Å². The standard InChI is InChI=1S/C26H32N2.2C4H9.Ni/c1-4-6-8-12-23(18-19-28-27)26(24-16-14-21(3)15-17-24)25-13-9-11-22(20-25)10-7-5-2;2*1-3-4-2;/h9,11,13-18,20H,4-8,10,12H2,1-3H3;2*1,3-4H2,2H3;/q;2*-1;+2. The van der Waals surface area contributed by atoms with E-state index in [9.17, 15) is 0 Å². The minimum atomic E-state index is 0. The molecule has 0 saturated carbocycles. The van der Waals surface area contributed by atoms with Crippen LogP contribution in [-0.4, -0.2) is 10.7 Å². The predicted octanol–water partition coefficient (Wildman–Crippen LogP) is 10.4. The van der Waals surface area contributed by atoms with Gasteiger partial charge >= 0.3 is 16.5 Å². The van der Waals surface area contributed by atoms with Crippen LogP contribution in [0.1, 0.15) is 114 Å². The molecule has 0 aromatic heterocycles. The molecule has 2 nitrogen and oxygen atoms in total. The number of unbranched alkanes of at least 4 members (excludes halogenated alkanes) is 5. The smallest absolute Gasteiger partial charge is 0.348 e. The maximum atomic E-state index is 8.95. The van der Waals surface area contributed by atoms with Crippen molar-refractivity contribution < 1.29 is 21.3 Å². The van der Waals surface area contributed by atoms with Gasteiger partial charge in [0.05, 0.1) is 6.08 Å². The molecule has 0 fully saturated rings. The first-order chi connectivity index (χ1) is 17.5. The zero-order valence-corrected chi connectivity index (χ0v) is 25.1. The molecule has 0 aliphatic heterocycles. The molecule has 0 saturated heterocycles. The van der Waals surface area contributed by atoms with E-state index in [-0.39, 0.29) is 16.5 Å². The summed E-state index contributed by atoms with van der Waals surface area (Å²) in [6, 6.07) is 17.6. The average molecular weight is 545 g/mol. The normalized spacial score (nSPS) is 10.2. The first kappa shape index (κ1) is 37.0. The summed E-state index contributed by atoms with van der Waals surface area (Å²) in [6.45, 7) is 18.0. The van der Waals surface area contributed by atoms with Crippen LogP contribution in [0, 0.1) is 20.8 Å². The number of hydrogen-bond acceptors (Lipinski definition) is 0. The molecular formula is C34H50N2Ni. The van der Waals surface area contributed by atoms with Crippen molar-refractivity contribution >= 4 is 11.4 Å². The zero-order valence-electron chi connectivity index (χ0n) is 24.1. The Balaban J connectivity index is 0. The molecule has 3 heteroatoms. The van der Waals surface area contributed by atoms with Crippen LogP contribution < -0.4 is 0 Å². The fourth-order valence-electron chi connectivity index (χ4n) is 3.46. The Morgan fingerprint density at radius 3 is 1.95 bits per heavy atom. The minimum Gasteiger partial charge on any atom is -0.348 e. The largest absolute Gasteiger partial charge is 2.00 e. The van der Waals surface area contributed by atoms with Gasteiger partial charge in [-0.2, -0.15) is 12.8 Å². The van der Waals surface area contributed by atoms with Gasteiger partial charge in [-0.1, -0.05) is 114 Å². The minimum absolute atomic E-state index is 0. The number of allylic oxidation sites excluding steroid dienone is 2. The molecule has 0 aliphatic rings. The number of benzene rings is 2. The van der Waals surface area contributed by atoms with E-state index in [1.54, 1.807) is 0 Å². The van der Waals surface area contributed by atoms with Crippen molar-refractivity contribution in [2.24, 2.45) is 0 Å². The summed E-state index contributed by atoms with van der Waals surface area (Å²) < 4.78 is 0. The second-order valence-corrected chi connectivity index (χ2v) is 9.11. The Morgan fingerprint density at radius 1 is 0.838 bits per heavy atom. The van der Waals surface area contributed by atoms with Crippen molar-refractivity contribution in [1.29, 1.82) is 0 Å². The van der Waals surface area contributed by atoms with Crippen molar-refractivity contribution in [3.8, 4) is 0 Å². The molecule has 0 atom stereocenters. The van der Waals surface area contributed by atoms with E-state index in [1.165, 1.54) is 71.9 Å². The maximum absolute atomic E-state index is 8.95. The van der Waals surface area contributed by atoms with Crippen molar-refractivity contribution in [3.05, 3.63) is 102 Å². The fraction of sp³-hybridized carbons (Fsp3) is 0.471. The van der Waals surface area contributed by atoms with Gasteiger partial charge in [0, 0.05) is 0 Å². The molecular weight excluding hydrogens is 495 g/mol. The summed E-state index contributed by atoms with van der Waals surface area (Å²) in [5.41, 5.74) is 16.4. The van der Waals surface area contributed by atoms with E-state index >= 15 is 0 Å². The predicted molar refractivity (Wildman–Crippen MR) is 160 cm³/mol. The maximum Gasteiger partial charge on any atom is 2.00 e. The van der Waals surface area contributed by atoms with E-state index in [0.29, 0.717) is 0 Å². The molecule has 206 valence electrons. The summed E-state index contributed by atoms with van der Waals surface area (Å²) in [7, 11) is 0. The van der Waals surface area contributed by atoms with Gasteiger partial charge in [0.15, 0.2) is 0 Å². The van der Waals surface area contributed by atoms with Crippen LogP contribution in [0.4, 0.5) is 0 Å². The molecule has 0 heterocycles. The van der Waals surface area contributed by atoms with Crippen LogP contribution in [0.15, 0.2) is 60.2 Å². The van der Waals surface area contributed by atoms with E-state index in [0.717, 1.165) is 32.1 Å². The second kappa shape index (κ2) is 25.5. The van der Waals surface area contributed by atoms with Crippen molar-refractivity contribution in [2.75, 3.05) is 0 Å². The van der Waals surface area contributed by atoms with Gasteiger partial charge in [0.25, 0.3) is 5.87 Å². The van der Waals surface area contributed by atoms with Gasteiger partial charge in [0.2, 0.25) is 0 Å². The van der Waals surface area contributed by atoms with E-state index in [4.69, 9.17) is 5.53 Å². The molecule has 0 amide bonds. The average Bonchev–Trinajstić information content (AvgIpc) is 2.92. The molecule has 0 spiro atoms. The molecule has 0 radical (unpaired) electrons. The monoisotopic (exact) mass is 544 g/mol. The number of nitrogens with zero attached hydrogens (tertiary/aromatic N) is 2. The van der Waals surface area contributed by atoms with Crippen LogP contribution in [0.25, 0.3) is 11.1 Å². The zero-order chi connectivity index (χ0) is 27.0. The molecule has 2 rings (SSSR count). The molecule has 0 bridgehead atoms. The number of aryl methyl sites for hydroxylation is 2. The summed E-state index contributed by atoms with van der Waals surface area (Å²) in [4.78, 5) is 3.11. The summed E-state index contributed by atoms with van der Waals surface area (Å²) in [6.07, 6.45) is 14.3. The molecule has 0 aliphatic carbocycles. The van der Waals surface area contributed by atoms with Crippen LogP contribution in [0.2, 0.25) is 0 Å². The quantitative estimate of drug-likeness (QED) is 0.0484. The molecule has 2 aromatic rings. The topological polar surface area (TPSA) is 36.4 Å². The Hall–Kier alpha value is -2.17. The van der Waals surface area contributed by atoms with Crippen molar-refractivity contribution in [1.82, 2.24) is 0 Å². The van der Waals surface area contributed by atoms with Gasteiger partial charge in [-0.25, -0.2) is 0 Å². The molecule has 0 N–H and O–H groups in total. The Bertz CT molecular complexity index is 923. The Morgan fingerprint density at radius 2 is 1.43 bits per heavy atom. The van der Waals surface area contributed by atoms with Crippen LogP contribution in [0.3, 0.4) is 0 Å². The Kier molecular flexibility index (Phi) is 25.5. The fourth-order valence-corrected chi connectivity index (χ4v) is 3.46. The second-order valence-electron chi connectivity index (χ2n) is 9.11. The third kappa shape index (κ3) is 17.1. The van der Waals surface area contributed by atoms with Gasteiger partial charge in [0.1, 0.15) is 0 Å². The van der Waals surface area contributed by atoms with Crippen LogP contribution >= 0.6 is 0 Å². The van der Waals surface area contributed by atoms with E-state index in [1.807, 2.05) is 6.08 Å². The van der Waals surface area contributed by atoms with Gasteiger partial charge < -0.3 is 19.4 Å². The molecule has 37 heavy (non-hydrogen) atoms.